The van der Waals surface area contributed by atoms with E-state index >= 15 is 0 Å². The van der Waals surface area contributed by atoms with Crippen LogP contribution in [0.4, 0.5) is 0 Å². The van der Waals surface area contributed by atoms with Crippen LogP contribution in [0.25, 0.3) is 0 Å². The number of nitrogens with one attached hydrogen (secondary N) is 1. The van der Waals surface area contributed by atoms with Crippen molar-refractivity contribution in [2.24, 2.45) is 10.3 Å². The zero-order valence-electron chi connectivity index (χ0n) is 16.0. The van der Waals surface area contributed by atoms with Gasteiger partial charge in [0.15, 0.2) is 5.84 Å². The van der Waals surface area contributed by atoms with Gasteiger partial charge in [-0.05, 0) is 37.1 Å². The Kier molecular flexibility index (Phi) is 5.53. The van der Waals surface area contributed by atoms with E-state index in [1.165, 1.54) is 0 Å². The first-order valence-corrected chi connectivity index (χ1v) is 11.1. The molecule has 0 aliphatic carbocycles. The fraction of sp³-hybridized carbons (Fsp3) is 0.333. The van der Waals surface area contributed by atoms with E-state index in [9.17, 15) is 13.2 Å². The maximum absolute atomic E-state index is 12.4. The quantitative estimate of drug-likeness (QED) is 0.758. The zero-order chi connectivity index (χ0) is 20.3. The fourth-order valence-corrected chi connectivity index (χ4v) is 4.90. The third-order valence-corrected chi connectivity index (χ3v) is 6.52. The van der Waals surface area contributed by atoms with Crippen LogP contribution in [-0.4, -0.2) is 51.3 Å². The van der Waals surface area contributed by atoms with Gasteiger partial charge < -0.3 is 15.0 Å². The first-order chi connectivity index (χ1) is 14.0. The zero-order valence-corrected chi connectivity index (χ0v) is 16.8. The monoisotopic (exact) mass is 413 g/mol. The van der Waals surface area contributed by atoms with Gasteiger partial charge in [-0.15, -0.1) is 4.40 Å². The molecule has 0 bridgehead atoms. The number of sulfonamides is 1. The van der Waals surface area contributed by atoms with Gasteiger partial charge >= 0.3 is 0 Å². The van der Waals surface area contributed by atoms with E-state index in [2.05, 4.69) is 9.71 Å². The number of benzene rings is 2. The van der Waals surface area contributed by atoms with Gasteiger partial charge in [0.1, 0.15) is 17.3 Å². The Labute approximate surface area is 170 Å². The molecule has 2 aromatic carbocycles. The van der Waals surface area contributed by atoms with Crippen molar-refractivity contribution in [2.45, 2.75) is 17.7 Å². The van der Waals surface area contributed by atoms with Gasteiger partial charge in [-0.25, -0.2) is 0 Å². The second kappa shape index (κ2) is 8.24. The lowest BCUT2D eigenvalue weighted by molar-refractivity contribution is -0.126. The van der Waals surface area contributed by atoms with Crippen LogP contribution < -0.4 is 10.1 Å². The lowest BCUT2D eigenvalue weighted by atomic mass is 9.95. The summed E-state index contributed by atoms with van der Waals surface area (Å²) in [4.78, 5) is 14.6. The molecule has 1 N–H and O–H groups in total. The highest BCUT2D eigenvalue weighted by Crippen LogP contribution is 2.29. The molecule has 1 amide bonds. The number of para-hydroxylation sites is 1. The Morgan fingerprint density at radius 2 is 1.76 bits per heavy atom. The van der Waals surface area contributed by atoms with Crippen LogP contribution in [0.1, 0.15) is 18.4 Å². The van der Waals surface area contributed by atoms with Crippen LogP contribution >= 0.6 is 0 Å². The highest BCUT2D eigenvalue weighted by atomic mass is 32.2. The summed E-state index contributed by atoms with van der Waals surface area (Å²) < 4.78 is 34.0. The van der Waals surface area contributed by atoms with Crippen molar-refractivity contribution in [1.82, 2.24) is 10.2 Å². The van der Waals surface area contributed by atoms with E-state index in [0.29, 0.717) is 50.5 Å². The van der Waals surface area contributed by atoms with Crippen molar-refractivity contribution in [3.05, 3.63) is 60.2 Å². The molecule has 1 fully saturated rings. The first kappa shape index (κ1) is 19.4. The molecule has 8 heteroatoms. The van der Waals surface area contributed by atoms with E-state index < -0.39 is 10.0 Å². The number of piperidine rings is 1. The van der Waals surface area contributed by atoms with Gasteiger partial charge in [-0.2, -0.15) is 8.42 Å². The third kappa shape index (κ3) is 4.27. The molecule has 2 heterocycles. The van der Waals surface area contributed by atoms with Crippen molar-refractivity contribution in [1.29, 1.82) is 0 Å². The Morgan fingerprint density at radius 1 is 1.07 bits per heavy atom. The van der Waals surface area contributed by atoms with Crippen LogP contribution in [0.2, 0.25) is 0 Å². The van der Waals surface area contributed by atoms with E-state index in [1.54, 1.807) is 18.2 Å². The van der Waals surface area contributed by atoms with Crippen molar-refractivity contribution >= 4 is 21.8 Å². The number of hydrogen-bond donors (Lipinski definition) is 1. The Balaban J connectivity index is 1.27. The van der Waals surface area contributed by atoms with Crippen molar-refractivity contribution in [3.8, 4) is 5.75 Å². The average molecular weight is 413 g/mol. The number of hydrogen-bond acceptors (Lipinski definition) is 5. The van der Waals surface area contributed by atoms with Gasteiger partial charge in [0.25, 0.3) is 10.0 Å². The summed E-state index contributed by atoms with van der Waals surface area (Å²) in [5.41, 5.74) is 0.647. The number of fused-ring (bicyclic) bond motifs is 1. The molecule has 29 heavy (non-hydrogen) atoms. The molecular weight excluding hydrogens is 390 g/mol. The molecule has 4 rings (SSSR count). The lowest BCUT2D eigenvalue weighted by Crippen LogP contribution is -2.43. The predicted octanol–water partition coefficient (Wildman–Crippen LogP) is 2.04. The maximum Gasteiger partial charge on any atom is 0.285 e. The number of nitrogens with zero attached hydrogens (tertiary/aromatic N) is 2. The predicted molar refractivity (Wildman–Crippen MR) is 109 cm³/mol. The summed E-state index contributed by atoms with van der Waals surface area (Å²) in [7, 11) is -3.62. The van der Waals surface area contributed by atoms with Gasteiger partial charge in [0, 0.05) is 24.6 Å². The molecule has 1 saturated heterocycles. The second-order valence-corrected chi connectivity index (χ2v) is 8.67. The Morgan fingerprint density at radius 3 is 2.52 bits per heavy atom. The summed E-state index contributed by atoms with van der Waals surface area (Å²) in [5, 5.41) is 2.93. The molecule has 0 aromatic heterocycles. The average Bonchev–Trinajstić information content (AvgIpc) is 3.03. The number of amides is 1. The third-order valence-electron chi connectivity index (χ3n) is 5.19. The van der Waals surface area contributed by atoms with E-state index in [-0.39, 0.29) is 16.7 Å². The van der Waals surface area contributed by atoms with Crippen LogP contribution in [-0.2, 0) is 14.8 Å². The summed E-state index contributed by atoms with van der Waals surface area (Å²) in [6.45, 7) is 2.06. The fourth-order valence-electron chi connectivity index (χ4n) is 3.67. The topological polar surface area (TPSA) is 88.1 Å². The second-order valence-electron chi connectivity index (χ2n) is 7.10. The smallest absolute Gasteiger partial charge is 0.285 e. The molecule has 0 atom stereocenters. The van der Waals surface area contributed by atoms with Gasteiger partial charge in [0.2, 0.25) is 5.91 Å². The van der Waals surface area contributed by atoms with E-state index in [0.717, 1.165) is 5.75 Å². The molecule has 0 radical (unpaired) electrons. The molecule has 2 aliphatic heterocycles. The molecule has 152 valence electrons. The van der Waals surface area contributed by atoms with Crippen LogP contribution in [0.5, 0.6) is 5.75 Å². The molecule has 0 spiro atoms. The summed E-state index contributed by atoms with van der Waals surface area (Å²) in [6, 6.07) is 16.4. The molecule has 7 nitrogen and oxygen atoms in total. The molecule has 0 saturated carbocycles. The van der Waals surface area contributed by atoms with Crippen LogP contribution in [0.3, 0.4) is 0 Å². The van der Waals surface area contributed by atoms with Crippen LogP contribution in [0, 0.1) is 5.92 Å². The van der Waals surface area contributed by atoms with Gasteiger partial charge in [-0.3, -0.25) is 4.79 Å². The number of amidine groups is 1. The minimum Gasteiger partial charge on any atom is -0.492 e. The highest BCUT2D eigenvalue weighted by Gasteiger charge is 2.34. The number of ether oxygens (including phenoxy) is 1. The molecular formula is C21H23N3O4S. The maximum atomic E-state index is 12.4. The molecule has 0 unspecified atom stereocenters. The summed E-state index contributed by atoms with van der Waals surface area (Å²) in [6.07, 6.45) is 1.32. The standard InChI is InChI=1S/C21H23N3O4S/c25-21(22-12-15-28-17-6-2-1-3-7-17)16-10-13-24(14-11-16)20-18-8-4-5-9-19(18)29(26,27)23-20/h1-9,16H,10-15H2,(H,22,25). The first-order valence-electron chi connectivity index (χ1n) is 9.69. The molecule has 2 aliphatic rings. The molecule has 2 aromatic rings. The number of likely N-dealkylation sites (tertiary alicyclic amines) is 1. The number of carbonyl (C=O) groups is 1. The van der Waals surface area contributed by atoms with Crippen molar-refractivity contribution < 1.29 is 17.9 Å². The number of carbonyl (C=O) groups excluding carboxylic acids is 1. The minimum absolute atomic E-state index is 0.0164. The SMILES string of the molecule is O=C(NCCOc1ccccc1)C1CCN(C2=NS(=O)(=O)c3ccccc32)CC1. The summed E-state index contributed by atoms with van der Waals surface area (Å²) >= 11 is 0. The Hall–Kier alpha value is -2.87. The Bertz CT molecular complexity index is 1010. The van der Waals surface area contributed by atoms with Crippen molar-refractivity contribution in [2.75, 3.05) is 26.2 Å². The van der Waals surface area contributed by atoms with Crippen LogP contribution in [0.15, 0.2) is 63.9 Å². The van der Waals surface area contributed by atoms with Crippen molar-refractivity contribution in [3.63, 3.8) is 0 Å². The summed E-state index contributed by atoms with van der Waals surface area (Å²) in [5.74, 6) is 1.21. The largest absolute Gasteiger partial charge is 0.492 e. The minimum atomic E-state index is -3.62. The van der Waals surface area contributed by atoms with Gasteiger partial charge in [0.05, 0.1) is 6.54 Å². The highest BCUT2D eigenvalue weighted by molar-refractivity contribution is 7.90. The number of rotatable bonds is 5. The van der Waals surface area contributed by atoms with E-state index in [4.69, 9.17) is 4.74 Å². The lowest BCUT2D eigenvalue weighted by Gasteiger charge is -2.32. The van der Waals surface area contributed by atoms with Gasteiger partial charge in [-0.1, -0.05) is 30.3 Å². The van der Waals surface area contributed by atoms with E-state index in [1.807, 2.05) is 41.3 Å². The normalized spacial score (nSPS) is 18.1.